The van der Waals surface area contributed by atoms with Gasteiger partial charge in [0.15, 0.2) is 5.17 Å². The summed E-state index contributed by atoms with van der Waals surface area (Å²) < 4.78 is 0. The molecule has 0 bridgehead atoms. The average Bonchev–Trinajstić information content (AvgIpc) is 3.23. The largest absolute Gasteiger partial charge is 0.305 e. The molecule has 2 rings (SSSR count). The lowest BCUT2D eigenvalue weighted by molar-refractivity contribution is -0.127. The van der Waals surface area contributed by atoms with Crippen LogP contribution < -0.4 is 10.6 Å². The second-order valence-corrected chi connectivity index (χ2v) is 11.9. The Morgan fingerprint density at radius 3 is 2.30 bits per heavy atom. The minimum Gasteiger partial charge on any atom is -0.305 e. The molecule has 2 atom stereocenters. The lowest BCUT2D eigenvalue weighted by Gasteiger charge is -2.18. The van der Waals surface area contributed by atoms with E-state index in [1.165, 1.54) is 11.3 Å². The van der Waals surface area contributed by atoms with Gasteiger partial charge in [0.05, 0.1) is 5.04 Å². The minimum absolute atomic E-state index is 0.00623. The van der Waals surface area contributed by atoms with Crippen LogP contribution in [0.15, 0.2) is 0 Å². The van der Waals surface area contributed by atoms with Crippen LogP contribution in [0, 0.1) is 33.5 Å². The fourth-order valence-corrected chi connectivity index (χ4v) is 4.52. The molecule has 0 aromatic carbocycles. The van der Waals surface area contributed by atoms with Crippen molar-refractivity contribution in [3.05, 3.63) is 5.01 Å². The van der Waals surface area contributed by atoms with Gasteiger partial charge in [-0.15, -0.1) is 10.2 Å². The molecule has 8 nitrogen and oxygen atoms in total. The van der Waals surface area contributed by atoms with E-state index in [-0.39, 0.29) is 22.9 Å². The molecule has 0 aliphatic heterocycles. The molecular weight excluding hydrogens is 420 g/mol. The van der Waals surface area contributed by atoms with E-state index >= 15 is 0 Å². The molecule has 1 aliphatic rings. The summed E-state index contributed by atoms with van der Waals surface area (Å²) in [6.45, 7) is 10.9. The maximum atomic E-state index is 12.1. The molecule has 1 aromatic heterocycles. The molecule has 166 valence electrons. The van der Waals surface area contributed by atoms with Gasteiger partial charge in [0.2, 0.25) is 16.9 Å². The first-order valence-electron chi connectivity index (χ1n) is 10.1. The van der Waals surface area contributed by atoms with Crippen LogP contribution in [0.3, 0.4) is 0 Å². The van der Waals surface area contributed by atoms with Crippen molar-refractivity contribution in [2.45, 2.75) is 67.2 Å². The van der Waals surface area contributed by atoms with Gasteiger partial charge in [-0.2, -0.15) is 0 Å². The molecule has 10 heteroatoms. The predicted octanol–water partition coefficient (Wildman–Crippen LogP) is 4.29. The highest BCUT2D eigenvalue weighted by molar-refractivity contribution is 8.26. The third-order valence-electron chi connectivity index (χ3n) is 4.86. The van der Waals surface area contributed by atoms with Crippen LogP contribution in [0.25, 0.3) is 0 Å². The predicted molar refractivity (Wildman–Crippen MR) is 123 cm³/mol. The van der Waals surface area contributed by atoms with Gasteiger partial charge in [0.1, 0.15) is 5.01 Å². The lowest BCUT2D eigenvalue weighted by Crippen LogP contribution is -2.37. The van der Waals surface area contributed by atoms with E-state index in [0.717, 1.165) is 42.5 Å². The van der Waals surface area contributed by atoms with Crippen LogP contribution in [0.1, 0.15) is 65.8 Å². The zero-order valence-electron chi connectivity index (χ0n) is 18.5. The van der Waals surface area contributed by atoms with Gasteiger partial charge in [-0.25, -0.2) is 0 Å². The van der Waals surface area contributed by atoms with E-state index in [0.29, 0.717) is 16.1 Å². The van der Waals surface area contributed by atoms with Crippen molar-refractivity contribution in [2.24, 2.45) is 22.7 Å². The third kappa shape index (κ3) is 7.16. The van der Waals surface area contributed by atoms with Gasteiger partial charge in [-0.05, 0) is 36.9 Å². The fraction of sp³-hybridized carbons (Fsp3) is 0.700. The number of nitrogens with zero attached hydrogens (tertiary/aromatic N) is 2. The maximum absolute atomic E-state index is 12.1. The molecule has 1 saturated carbocycles. The van der Waals surface area contributed by atoms with Gasteiger partial charge in [0, 0.05) is 23.2 Å². The fourth-order valence-electron chi connectivity index (χ4n) is 2.93. The summed E-state index contributed by atoms with van der Waals surface area (Å²) in [5.41, 5.74) is -1.05. The van der Waals surface area contributed by atoms with Crippen LogP contribution in [0.2, 0.25) is 0 Å². The lowest BCUT2D eigenvalue weighted by atomic mass is 9.96. The van der Waals surface area contributed by atoms with Gasteiger partial charge in [-0.3, -0.25) is 20.4 Å². The highest BCUT2D eigenvalue weighted by Gasteiger charge is 2.30. The van der Waals surface area contributed by atoms with Gasteiger partial charge in [0.25, 0.3) is 0 Å². The minimum atomic E-state index is -0.569. The molecule has 0 spiro atoms. The van der Waals surface area contributed by atoms with Crippen molar-refractivity contribution in [3.8, 4) is 0 Å². The summed E-state index contributed by atoms with van der Waals surface area (Å²) in [7, 11) is 0. The van der Waals surface area contributed by atoms with Crippen LogP contribution in [0.5, 0.6) is 0 Å². The third-order valence-corrected chi connectivity index (χ3v) is 6.58. The number of amides is 2. The zero-order chi connectivity index (χ0) is 22.7. The van der Waals surface area contributed by atoms with Crippen LogP contribution in [-0.2, 0) is 16.0 Å². The number of anilines is 1. The number of rotatable bonds is 4. The summed E-state index contributed by atoms with van der Waals surface area (Å²) in [4.78, 5) is 24.1. The van der Waals surface area contributed by atoms with Crippen molar-refractivity contribution in [3.63, 3.8) is 0 Å². The Hall–Kier alpha value is -1.81. The van der Waals surface area contributed by atoms with Crippen molar-refractivity contribution in [2.75, 3.05) is 5.32 Å². The standard InChI is InChI=1S/C20H32N6O2S2/c1-19(2,3)15(27)23-17(22)30-14(21)12-8-7-11(9-12)10-13-25-26-18(29-13)24-16(28)20(4,5)6/h11-12,21H,7-10H2,1-6H3,(H2,22,23,27)(H,24,26,28)/t11-,12+/m0/s1. The number of hydrogen-bond donors (Lipinski definition) is 4. The summed E-state index contributed by atoms with van der Waals surface area (Å²) in [5, 5.41) is 31.8. The highest BCUT2D eigenvalue weighted by Crippen LogP contribution is 2.37. The van der Waals surface area contributed by atoms with Crippen LogP contribution >= 0.6 is 23.1 Å². The smallest absolute Gasteiger partial charge is 0.231 e. The van der Waals surface area contributed by atoms with Crippen LogP contribution in [0.4, 0.5) is 5.13 Å². The Bertz CT molecular complexity index is 822. The number of aromatic nitrogens is 2. The number of nitrogens with one attached hydrogen (secondary N) is 4. The van der Waals surface area contributed by atoms with Crippen molar-refractivity contribution in [1.82, 2.24) is 15.5 Å². The Morgan fingerprint density at radius 1 is 1.07 bits per heavy atom. The molecule has 1 aromatic rings. The molecule has 1 heterocycles. The van der Waals surface area contributed by atoms with E-state index in [4.69, 9.17) is 10.8 Å². The first-order chi connectivity index (χ1) is 13.8. The van der Waals surface area contributed by atoms with E-state index in [1.54, 1.807) is 20.8 Å². The van der Waals surface area contributed by atoms with Crippen molar-refractivity contribution in [1.29, 1.82) is 10.8 Å². The van der Waals surface area contributed by atoms with Crippen molar-refractivity contribution >= 4 is 50.3 Å². The summed E-state index contributed by atoms with van der Waals surface area (Å²) >= 11 is 2.42. The summed E-state index contributed by atoms with van der Waals surface area (Å²) in [5.74, 6) is 0.189. The van der Waals surface area contributed by atoms with E-state index in [1.807, 2.05) is 20.8 Å². The molecule has 0 saturated heterocycles. The molecular formula is C20H32N6O2S2. The van der Waals surface area contributed by atoms with E-state index in [9.17, 15) is 9.59 Å². The number of amidine groups is 1. The number of carbonyl (C=O) groups is 2. The first-order valence-corrected chi connectivity index (χ1v) is 11.7. The second-order valence-electron chi connectivity index (χ2n) is 9.78. The Kier molecular flexibility index (Phi) is 7.79. The Morgan fingerprint density at radius 2 is 1.70 bits per heavy atom. The topological polar surface area (TPSA) is 132 Å². The van der Waals surface area contributed by atoms with E-state index < -0.39 is 10.8 Å². The maximum Gasteiger partial charge on any atom is 0.231 e. The Labute approximate surface area is 186 Å². The van der Waals surface area contributed by atoms with Gasteiger partial charge >= 0.3 is 0 Å². The highest BCUT2D eigenvalue weighted by atomic mass is 32.2. The van der Waals surface area contributed by atoms with Gasteiger partial charge < -0.3 is 10.6 Å². The molecule has 1 fully saturated rings. The molecule has 1 aliphatic carbocycles. The zero-order valence-corrected chi connectivity index (χ0v) is 20.1. The summed E-state index contributed by atoms with van der Waals surface area (Å²) in [6.07, 6.45) is 3.51. The summed E-state index contributed by atoms with van der Waals surface area (Å²) in [6, 6.07) is 0. The molecule has 4 N–H and O–H groups in total. The normalized spacial score (nSPS) is 19.4. The molecule has 0 unspecified atom stereocenters. The number of thioether (sulfide) groups is 1. The quantitative estimate of drug-likeness (QED) is 0.400. The SMILES string of the molecule is CC(C)(C)C(=O)NC(=N)SC(=N)[C@@H]1CC[C@H](Cc2nnc(NC(=O)C(C)(C)C)s2)C1. The van der Waals surface area contributed by atoms with E-state index in [2.05, 4.69) is 20.8 Å². The monoisotopic (exact) mass is 452 g/mol. The van der Waals surface area contributed by atoms with Crippen molar-refractivity contribution < 1.29 is 9.59 Å². The average molecular weight is 453 g/mol. The molecule has 2 amide bonds. The van der Waals surface area contributed by atoms with Crippen LogP contribution in [-0.4, -0.2) is 32.2 Å². The van der Waals surface area contributed by atoms with Gasteiger partial charge in [-0.1, -0.05) is 52.9 Å². The Balaban J connectivity index is 1.82. The molecule has 0 radical (unpaired) electrons. The second kappa shape index (κ2) is 9.55. The number of carbonyl (C=O) groups excluding carboxylic acids is 2. The number of hydrogen-bond acceptors (Lipinski definition) is 8. The molecule has 30 heavy (non-hydrogen) atoms. The first kappa shape index (κ1) is 24.5.